The number of anilines is 2. The topological polar surface area (TPSA) is 55.6 Å². The molecule has 4 rings (SSSR count). The number of fused-ring (bicyclic) bond motifs is 1. The van der Waals surface area contributed by atoms with Crippen LogP contribution in [0.2, 0.25) is 5.28 Å². The molecular weight excluding hydrogens is 322 g/mol. The number of benzene rings is 2. The van der Waals surface area contributed by atoms with Crippen molar-refractivity contribution >= 4 is 34.1 Å². The second-order valence-electron chi connectivity index (χ2n) is 5.41. The van der Waals surface area contributed by atoms with Crippen molar-refractivity contribution in [2.24, 2.45) is 0 Å². The summed E-state index contributed by atoms with van der Waals surface area (Å²) in [6.07, 6.45) is 1.75. The van der Waals surface area contributed by atoms with Gasteiger partial charge in [0.25, 0.3) is 0 Å². The Kier molecular flexibility index (Phi) is 3.63. The largest absolute Gasteiger partial charge is 0.339 e. The minimum absolute atomic E-state index is 0.177. The van der Waals surface area contributed by atoms with Gasteiger partial charge in [0.1, 0.15) is 5.82 Å². The molecule has 0 aliphatic heterocycles. The zero-order valence-electron chi connectivity index (χ0n) is 12.9. The predicted molar refractivity (Wildman–Crippen MR) is 96.1 cm³/mol. The number of nitrogens with zero attached hydrogens (tertiary/aromatic N) is 4. The lowest BCUT2D eigenvalue weighted by molar-refractivity contribution is 0.895. The minimum Gasteiger partial charge on any atom is -0.339 e. The van der Waals surface area contributed by atoms with Gasteiger partial charge in [-0.2, -0.15) is 15.1 Å². The quantitative estimate of drug-likeness (QED) is 0.559. The summed E-state index contributed by atoms with van der Waals surface area (Å²) >= 11 is 6.14. The molecule has 6 heteroatoms. The van der Waals surface area contributed by atoms with Crippen molar-refractivity contribution in [3.8, 4) is 5.69 Å². The van der Waals surface area contributed by atoms with Crippen molar-refractivity contribution in [1.29, 1.82) is 0 Å². The lowest BCUT2D eigenvalue weighted by atomic mass is 10.2. The van der Waals surface area contributed by atoms with Gasteiger partial charge in [0.05, 0.1) is 17.3 Å². The molecule has 0 aliphatic carbocycles. The number of hydrogen-bond acceptors (Lipinski definition) is 4. The van der Waals surface area contributed by atoms with Gasteiger partial charge in [-0.3, -0.25) is 0 Å². The highest BCUT2D eigenvalue weighted by Crippen LogP contribution is 2.27. The van der Waals surface area contributed by atoms with Gasteiger partial charge in [-0.05, 0) is 42.3 Å². The lowest BCUT2D eigenvalue weighted by Gasteiger charge is -2.10. The summed E-state index contributed by atoms with van der Waals surface area (Å²) in [6.45, 7) is 2.04. The molecule has 2 heterocycles. The average Bonchev–Trinajstić information content (AvgIpc) is 3.01. The summed E-state index contributed by atoms with van der Waals surface area (Å²) in [5, 5.41) is 8.77. The highest BCUT2D eigenvalue weighted by molar-refractivity contribution is 6.28. The highest BCUT2D eigenvalue weighted by Gasteiger charge is 2.14. The fourth-order valence-corrected chi connectivity index (χ4v) is 2.74. The van der Waals surface area contributed by atoms with E-state index in [1.807, 2.05) is 61.5 Å². The standard InChI is InChI=1S/C18H14ClN5/c1-12-7-5-6-10-15(12)21-16-14-11-20-24(13-8-3-2-4-9-13)17(14)23-18(19)22-16/h2-11H,1H3,(H,21,22,23). The van der Waals surface area contributed by atoms with Crippen molar-refractivity contribution in [3.05, 3.63) is 71.6 Å². The molecule has 2 aromatic carbocycles. The molecule has 0 atom stereocenters. The maximum absolute atomic E-state index is 6.14. The third-order valence-electron chi connectivity index (χ3n) is 3.80. The zero-order valence-corrected chi connectivity index (χ0v) is 13.7. The molecule has 2 aromatic heterocycles. The Balaban J connectivity index is 1.86. The molecule has 0 aliphatic rings. The molecule has 0 spiro atoms. The molecule has 0 unspecified atom stereocenters. The van der Waals surface area contributed by atoms with Crippen LogP contribution in [0.5, 0.6) is 0 Å². The number of hydrogen-bond donors (Lipinski definition) is 1. The lowest BCUT2D eigenvalue weighted by Crippen LogP contribution is -2.01. The van der Waals surface area contributed by atoms with Gasteiger partial charge in [-0.1, -0.05) is 36.4 Å². The molecule has 0 amide bonds. The van der Waals surface area contributed by atoms with Crippen LogP contribution in [0.25, 0.3) is 16.7 Å². The fourth-order valence-electron chi connectivity index (χ4n) is 2.58. The molecule has 4 aromatic rings. The molecule has 0 saturated carbocycles. The van der Waals surface area contributed by atoms with Crippen LogP contribution in [0, 0.1) is 6.92 Å². The number of aryl methyl sites for hydroxylation is 1. The third kappa shape index (κ3) is 2.59. The van der Waals surface area contributed by atoms with E-state index < -0.39 is 0 Å². The molecule has 0 fully saturated rings. The van der Waals surface area contributed by atoms with Gasteiger partial charge < -0.3 is 5.32 Å². The summed E-state index contributed by atoms with van der Waals surface area (Å²) < 4.78 is 1.76. The Morgan fingerprint density at radius 3 is 2.50 bits per heavy atom. The summed E-state index contributed by atoms with van der Waals surface area (Å²) in [5.74, 6) is 0.640. The van der Waals surface area contributed by atoms with E-state index in [1.165, 1.54) is 0 Å². The van der Waals surface area contributed by atoms with E-state index in [4.69, 9.17) is 11.6 Å². The van der Waals surface area contributed by atoms with E-state index in [-0.39, 0.29) is 5.28 Å². The summed E-state index contributed by atoms with van der Waals surface area (Å²) in [7, 11) is 0. The smallest absolute Gasteiger partial charge is 0.226 e. The summed E-state index contributed by atoms with van der Waals surface area (Å²) in [4.78, 5) is 8.69. The Morgan fingerprint density at radius 1 is 0.958 bits per heavy atom. The first-order chi connectivity index (χ1) is 11.7. The van der Waals surface area contributed by atoms with E-state index in [0.29, 0.717) is 11.5 Å². The summed E-state index contributed by atoms with van der Waals surface area (Å²) in [5.41, 5.74) is 3.68. The van der Waals surface area contributed by atoms with Crippen molar-refractivity contribution in [1.82, 2.24) is 19.7 Å². The normalized spacial score (nSPS) is 10.9. The molecule has 24 heavy (non-hydrogen) atoms. The van der Waals surface area contributed by atoms with Crippen molar-refractivity contribution < 1.29 is 0 Å². The van der Waals surface area contributed by atoms with Gasteiger partial charge >= 0.3 is 0 Å². The number of aromatic nitrogens is 4. The van der Waals surface area contributed by atoms with Crippen molar-refractivity contribution in [3.63, 3.8) is 0 Å². The first-order valence-electron chi connectivity index (χ1n) is 7.52. The Bertz CT molecular complexity index is 1010. The molecule has 0 radical (unpaired) electrons. The Hall–Kier alpha value is -2.92. The summed E-state index contributed by atoms with van der Waals surface area (Å²) in [6, 6.07) is 17.8. The molecule has 0 saturated heterocycles. The monoisotopic (exact) mass is 335 g/mol. The first-order valence-corrected chi connectivity index (χ1v) is 7.89. The fraction of sp³-hybridized carbons (Fsp3) is 0.0556. The maximum Gasteiger partial charge on any atom is 0.226 e. The van der Waals surface area contributed by atoms with Gasteiger partial charge in [0.2, 0.25) is 5.28 Å². The van der Waals surface area contributed by atoms with Crippen LogP contribution in [-0.2, 0) is 0 Å². The van der Waals surface area contributed by atoms with E-state index in [1.54, 1.807) is 10.9 Å². The van der Waals surface area contributed by atoms with Crippen LogP contribution < -0.4 is 5.32 Å². The van der Waals surface area contributed by atoms with Gasteiger partial charge in [0, 0.05) is 5.69 Å². The van der Waals surface area contributed by atoms with Crippen LogP contribution >= 0.6 is 11.6 Å². The minimum atomic E-state index is 0.177. The van der Waals surface area contributed by atoms with Crippen LogP contribution in [0.1, 0.15) is 5.56 Å². The zero-order chi connectivity index (χ0) is 16.5. The van der Waals surface area contributed by atoms with Crippen LogP contribution in [0.15, 0.2) is 60.8 Å². The number of halogens is 1. The van der Waals surface area contributed by atoms with Crippen molar-refractivity contribution in [2.45, 2.75) is 6.92 Å². The van der Waals surface area contributed by atoms with Gasteiger partial charge in [-0.25, -0.2) is 4.68 Å². The number of para-hydroxylation sites is 2. The maximum atomic E-state index is 6.14. The molecule has 1 N–H and O–H groups in total. The van der Waals surface area contributed by atoms with E-state index in [9.17, 15) is 0 Å². The van der Waals surface area contributed by atoms with E-state index >= 15 is 0 Å². The molecular formula is C18H14ClN5. The predicted octanol–water partition coefficient (Wildman–Crippen LogP) is 4.52. The second kappa shape index (κ2) is 5.94. The highest BCUT2D eigenvalue weighted by atomic mass is 35.5. The Morgan fingerprint density at radius 2 is 1.71 bits per heavy atom. The Labute approximate surface area is 143 Å². The van der Waals surface area contributed by atoms with Crippen LogP contribution in [0.3, 0.4) is 0 Å². The van der Waals surface area contributed by atoms with Crippen molar-refractivity contribution in [2.75, 3.05) is 5.32 Å². The molecule has 5 nitrogen and oxygen atoms in total. The molecule has 0 bridgehead atoms. The van der Waals surface area contributed by atoms with Crippen LogP contribution in [-0.4, -0.2) is 19.7 Å². The first kappa shape index (κ1) is 14.7. The molecule has 118 valence electrons. The van der Waals surface area contributed by atoms with E-state index in [2.05, 4.69) is 20.4 Å². The van der Waals surface area contributed by atoms with Gasteiger partial charge in [-0.15, -0.1) is 0 Å². The third-order valence-corrected chi connectivity index (χ3v) is 3.97. The number of rotatable bonds is 3. The average molecular weight is 336 g/mol. The van der Waals surface area contributed by atoms with Crippen LogP contribution in [0.4, 0.5) is 11.5 Å². The second-order valence-corrected chi connectivity index (χ2v) is 5.75. The van der Waals surface area contributed by atoms with E-state index in [0.717, 1.165) is 22.3 Å². The van der Waals surface area contributed by atoms with Gasteiger partial charge in [0.15, 0.2) is 5.65 Å². The SMILES string of the molecule is Cc1ccccc1Nc1nc(Cl)nc2c1cnn2-c1ccccc1. The number of nitrogens with one attached hydrogen (secondary N) is 1.